The number of carbonyl (C=O) groups excluding carboxylic acids is 1. The highest BCUT2D eigenvalue weighted by atomic mass is 32.2. The highest BCUT2D eigenvalue weighted by molar-refractivity contribution is 7.85. The van der Waals surface area contributed by atoms with E-state index in [1.165, 1.54) is 16.9 Å². The molecule has 0 saturated carbocycles. The Morgan fingerprint density at radius 1 is 1.11 bits per heavy atom. The lowest BCUT2D eigenvalue weighted by molar-refractivity contribution is 0.101. The summed E-state index contributed by atoms with van der Waals surface area (Å²) < 4.78 is 26.9. The number of amides is 1. The number of carbonyl (C=O) groups is 1. The molecule has 0 aliphatic heterocycles. The van der Waals surface area contributed by atoms with Gasteiger partial charge in [0.25, 0.3) is 16.0 Å². The van der Waals surface area contributed by atoms with Crippen LogP contribution in [0.4, 0.5) is 0 Å². The third-order valence-corrected chi connectivity index (χ3v) is 4.42. The number of hydrogen-bond donors (Lipinski definition) is 3. The van der Waals surface area contributed by atoms with Crippen LogP contribution in [0.25, 0.3) is 21.2 Å². The Morgan fingerprint density at radius 2 is 1.74 bits per heavy atom. The molecular weight excluding hydrogens is 386 g/mol. The van der Waals surface area contributed by atoms with Crippen molar-refractivity contribution in [3.63, 3.8) is 0 Å². The Labute approximate surface area is 161 Å². The maximum atomic E-state index is 12.0. The Kier molecular flexibility index (Phi) is 6.32. The van der Waals surface area contributed by atoms with E-state index in [1.54, 1.807) is 0 Å². The van der Waals surface area contributed by atoms with Gasteiger partial charge in [-0.15, -0.1) is 11.3 Å². The summed E-state index contributed by atoms with van der Waals surface area (Å²) in [5, 5.41) is 1.03. The molecule has 9 heteroatoms. The average molecular weight is 406 g/mol. The van der Waals surface area contributed by atoms with E-state index in [9.17, 15) is 13.2 Å². The normalized spacial score (nSPS) is 10.8. The Morgan fingerprint density at radius 3 is 2.33 bits per heavy atom. The minimum Gasteiger partial charge on any atom is -0.370 e. The number of aryl methyl sites for hydroxylation is 1. The van der Waals surface area contributed by atoms with Gasteiger partial charge in [-0.1, -0.05) is 42.0 Å². The second-order valence-electron chi connectivity index (χ2n) is 5.77. The predicted molar refractivity (Wildman–Crippen MR) is 110 cm³/mol. The molecule has 7 nitrogen and oxygen atoms in total. The van der Waals surface area contributed by atoms with Crippen molar-refractivity contribution in [2.75, 3.05) is 6.26 Å². The van der Waals surface area contributed by atoms with E-state index < -0.39 is 16.0 Å². The number of thiophene rings is 1. The van der Waals surface area contributed by atoms with E-state index in [4.69, 9.17) is 16.0 Å². The van der Waals surface area contributed by atoms with Gasteiger partial charge in [0.1, 0.15) is 0 Å². The fraction of sp³-hybridized carbons (Fsp3) is 0.111. The van der Waals surface area contributed by atoms with Gasteiger partial charge in [-0.3, -0.25) is 9.35 Å². The standard InChI is InChI=1S/C17H15N3OS.CH4O3S/c1-10-4-2-5-11(8-10)12-6-3-7-14-13(12)9-15(22-14)16(21)20-17(18)19;1-5(2,3)4/h2-9H,1H3,(H4,18,19,20,21);1H3,(H,2,3,4). The molecule has 0 fully saturated rings. The molecule has 3 aromatic rings. The quantitative estimate of drug-likeness (QED) is 0.341. The average Bonchev–Trinajstić information content (AvgIpc) is 2.96. The second-order valence-corrected chi connectivity index (χ2v) is 8.32. The lowest BCUT2D eigenvalue weighted by Crippen LogP contribution is -2.24. The maximum absolute atomic E-state index is 12.0. The molecule has 5 N–H and O–H groups in total. The fourth-order valence-electron chi connectivity index (χ4n) is 2.40. The van der Waals surface area contributed by atoms with Crippen molar-refractivity contribution in [3.8, 4) is 11.1 Å². The largest absolute Gasteiger partial charge is 0.370 e. The van der Waals surface area contributed by atoms with E-state index in [1.807, 2.05) is 24.3 Å². The lowest BCUT2D eigenvalue weighted by Gasteiger charge is -2.04. The molecule has 0 bridgehead atoms. The van der Waals surface area contributed by atoms with Crippen molar-refractivity contribution in [1.82, 2.24) is 0 Å². The number of fused-ring (bicyclic) bond motifs is 1. The summed E-state index contributed by atoms with van der Waals surface area (Å²) in [7, 11) is -3.67. The minimum atomic E-state index is -3.67. The van der Waals surface area contributed by atoms with Gasteiger partial charge in [0.15, 0.2) is 5.96 Å². The van der Waals surface area contributed by atoms with Crippen LogP contribution in [0.2, 0.25) is 0 Å². The van der Waals surface area contributed by atoms with Crippen LogP contribution >= 0.6 is 11.3 Å². The molecule has 0 spiro atoms. The Balaban J connectivity index is 0.000000465. The van der Waals surface area contributed by atoms with Crippen LogP contribution in [0.15, 0.2) is 53.5 Å². The van der Waals surface area contributed by atoms with Gasteiger partial charge < -0.3 is 11.5 Å². The molecule has 0 radical (unpaired) electrons. The predicted octanol–water partition coefficient (Wildman–Crippen LogP) is 2.79. The number of hydrogen-bond acceptors (Lipinski definition) is 4. The number of guanidine groups is 1. The number of rotatable bonds is 2. The van der Waals surface area contributed by atoms with Gasteiger partial charge in [0.05, 0.1) is 11.1 Å². The summed E-state index contributed by atoms with van der Waals surface area (Å²) >= 11 is 1.39. The molecule has 3 rings (SSSR count). The Bertz CT molecular complexity index is 1110. The van der Waals surface area contributed by atoms with E-state index >= 15 is 0 Å². The van der Waals surface area contributed by atoms with Gasteiger partial charge >= 0.3 is 0 Å². The molecular formula is C18H19N3O4S2. The van der Waals surface area contributed by atoms with Crippen LogP contribution in [-0.2, 0) is 10.1 Å². The second kappa shape index (κ2) is 8.30. The molecule has 1 aromatic heterocycles. The van der Waals surface area contributed by atoms with Crippen molar-refractivity contribution in [3.05, 3.63) is 59.0 Å². The van der Waals surface area contributed by atoms with E-state index in [-0.39, 0.29) is 5.96 Å². The van der Waals surface area contributed by atoms with Gasteiger partial charge in [-0.05, 0) is 30.2 Å². The van der Waals surface area contributed by atoms with Gasteiger partial charge in [0.2, 0.25) is 0 Å². The number of aliphatic imine (C=N–C) groups is 1. The zero-order valence-electron chi connectivity index (χ0n) is 14.7. The number of nitrogens with zero attached hydrogens (tertiary/aromatic N) is 1. The topological polar surface area (TPSA) is 136 Å². The molecule has 1 amide bonds. The summed E-state index contributed by atoms with van der Waals surface area (Å²) in [6.07, 6.45) is 0.715. The lowest BCUT2D eigenvalue weighted by atomic mass is 10.0. The van der Waals surface area contributed by atoms with Crippen LogP contribution in [0.1, 0.15) is 15.2 Å². The summed E-state index contributed by atoms with van der Waals surface area (Å²) in [6.45, 7) is 2.06. The fourth-order valence-corrected chi connectivity index (χ4v) is 3.38. The summed E-state index contributed by atoms with van der Waals surface area (Å²) in [5.41, 5.74) is 14.0. The first-order valence-electron chi connectivity index (χ1n) is 7.70. The third-order valence-electron chi connectivity index (χ3n) is 3.33. The van der Waals surface area contributed by atoms with Crippen molar-refractivity contribution in [1.29, 1.82) is 0 Å². The zero-order chi connectivity index (χ0) is 20.2. The van der Waals surface area contributed by atoms with E-state index in [0.29, 0.717) is 11.1 Å². The third kappa shape index (κ3) is 6.17. The number of benzene rings is 2. The molecule has 1 heterocycles. The molecule has 0 saturated heterocycles. The highest BCUT2D eigenvalue weighted by Gasteiger charge is 2.13. The SMILES string of the molecule is CS(=O)(=O)O.Cc1cccc(-c2cccc3sc(C(=O)N=C(N)N)cc23)c1. The van der Waals surface area contributed by atoms with E-state index in [2.05, 4.69) is 36.2 Å². The summed E-state index contributed by atoms with van der Waals surface area (Å²) in [4.78, 5) is 16.1. The first-order valence-corrected chi connectivity index (χ1v) is 10.4. The van der Waals surface area contributed by atoms with Crippen LogP contribution < -0.4 is 11.5 Å². The molecule has 27 heavy (non-hydrogen) atoms. The molecule has 0 unspecified atom stereocenters. The molecule has 0 aliphatic rings. The highest BCUT2D eigenvalue weighted by Crippen LogP contribution is 2.34. The summed E-state index contributed by atoms with van der Waals surface area (Å²) in [6, 6.07) is 16.2. The van der Waals surface area contributed by atoms with Crippen LogP contribution in [0.5, 0.6) is 0 Å². The van der Waals surface area contributed by atoms with Crippen molar-refractivity contribution >= 4 is 43.4 Å². The van der Waals surface area contributed by atoms with Gasteiger partial charge in [-0.25, -0.2) is 0 Å². The van der Waals surface area contributed by atoms with Crippen molar-refractivity contribution in [2.45, 2.75) is 6.92 Å². The van der Waals surface area contributed by atoms with Crippen molar-refractivity contribution in [2.24, 2.45) is 16.5 Å². The van der Waals surface area contributed by atoms with Crippen LogP contribution in [0.3, 0.4) is 0 Å². The molecule has 142 valence electrons. The number of nitrogens with two attached hydrogens (primary N) is 2. The molecule has 0 atom stereocenters. The van der Waals surface area contributed by atoms with Gasteiger partial charge in [-0.2, -0.15) is 13.4 Å². The molecule has 2 aromatic carbocycles. The molecule has 0 aliphatic carbocycles. The summed E-state index contributed by atoms with van der Waals surface area (Å²) in [5.74, 6) is -0.627. The van der Waals surface area contributed by atoms with Crippen LogP contribution in [0, 0.1) is 6.92 Å². The first kappa shape index (κ1) is 20.6. The Hall–Kier alpha value is -2.75. The zero-order valence-corrected chi connectivity index (χ0v) is 16.3. The van der Waals surface area contributed by atoms with E-state index in [0.717, 1.165) is 21.2 Å². The van der Waals surface area contributed by atoms with Gasteiger partial charge in [0, 0.05) is 10.1 Å². The van der Waals surface area contributed by atoms with Crippen molar-refractivity contribution < 1.29 is 17.8 Å². The smallest absolute Gasteiger partial charge is 0.290 e. The van der Waals surface area contributed by atoms with Crippen LogP contribution in [-0.4, -0.2) is 31.1 Å². The maximum Gasteiger partial charge on any atom is 0.290 e. The first-order chi connectivity index (χ1) is 12.5. The monoisotopic (exact) mass is 405 g/mol. The minimum absolute atomic E-state index is 0.221.